The molecule has 1 saturated carbocycles. The topological polar surface area (TPSA) is 65.2 Å². The molecule has 6 heteroatoms. The zero-order valence-corrected chi connectivity index (χ0v) is 11.0. The minimum absolute atomic E-state index is 0.500. The summed E-state index contributed by atoms with van der Waals surface area (Å²) in [6, 6.07) is 3.86. The van der Waals surface area contributed by atoms with Crippen LogP contribution < -0.4 is 4.74 Å². The summed E-state index contributed by atoms with van der Waals surface area (Å²) < 4.78 is 7.20. The molecule has 0 N–H and O–H groups in total. The fourth-order valence-corrected chi connectivity index (χ4v) is 2.28. The van der Waals surface area contributed by atoms with Crippen LogP contribution in [0.3, 0.4) is 0 Å². The van der Waals surface area contributed by atoms with Crippen molar-refractivity contribution in [1.82, 2.24) is 24.6 Å². The Morgan fingerprint density at radius 3 is 2.70 bits per heavy atom. The van der Waals surface area contributed by atoms with E-state index in [1.165, 1.54) is 19.2 Å². The first kappa shape index (κ1) is 11.3. The number of ether oxygens (including phenoxy) is 1. The van der Waals surface area contributed by atoms with Crippen molar-refractivity contribution in [2.24, 2.45) is 0 Å². The lowest BCUT2D eigenvalue weighted by molar-refractivity contribution is 0.416. The van der Waals surface area contributed by atoms with Crippen molar-refractivity contribution < 1.29 is 4.74 Å². The molecule has 0 bridgehead atoms. The lowest BCUT2D eigenvalue weighted by Crippen LogP contribution is -1.97. The van der Waals surface area contributed by atoms with E-state index in [2.05, 4.69) is 20.1 Å². The molecule has 0 spiro atoms. The second-order valence-corrected chi connectivity index (χ2v) is 4.89. The first-order valence-corrected chi connectivity index (χ1v) is 6.56. The molecule has 0 aliphatic heterocycles. The zero-order chi connectivity index (χ0) is 13.5. The van der Waals surface area contributed by atoms with Crippen LogP contribution in [-0.4, -0.2) is 31.7 Å². The zero-order valence-electron chi connectivity index (χ0n) is 11.0. The summed E-state index contributed by atoms with van der Waals surface area (Å²) in [5, 5.41) is 4.63. The highest BCUT2D eigenvalue weighted by atomic mass is 16.5. The average molecular weight is 267 g/mol. The first-order chi connectivity index (χ1) is 9.86. The fraction of sp³-hybridized carbons (Fsp3) is 0.286. The third-order valence-corrected chi connectivity index (χ3v) is 3.48. The third kappa shape index (κ3) is 1.72. The monoisotopic (exact) mass is 267 g/mol. The lowest BCUT2D eigenvalue weighted by Gasteiger charge is -2.06. The Kier molecular flexibility index (Phi) is 2.42. The predicted molar refractivity (Wildman–Crippen MR) is 72.5 cm³/mol. The molecule has 0 aromatic carbocycles. The first-order valence-electron chi connectivity index (χ1n) is 6.56. The molecule has 1 fully saturated rings. The number of fused-ring (bicyclic) bond motifs is 1. The molecule has 1 aliphatic rings. The summed E-state index contributed by atoms with van der Waals surface area (Å²) in [7, 11) is 1.64. The molecule has 100 valence electrons. The molecular formula is C14H13N5O. The molecule has 3 aromatic rings. The van der Waals surface area contributed by atoms with E-state index >= 15 is 0 Å². The highest BCUT2D eigenvalue weighted by Crippen LogP contribution is 2.39. The van der Waals surface area contributed by atoms with Gasteiger partial charge in [-0.25, -0.2) is 19.5 Å². The van der Waals surface area contributed by atoms with E-state index < -0.39 is 0 Å². The number of hydrogen-bond donors (Lipinski definition) is 0. The fourth-order valence-electron chi connectivity index (χ4n) is 2.28. The van der Waals surface area contributed by atoms with Crippen molar-refractivity contribution in [2.45, 2.75) is 18.8 Å². The Hall–Kier alpha value is -2.50. The van der Waals surface area contributed by atoms with Crippen LogP contribution in [0.15, 0.2) is 30.9 Å². The molecule has 0 saturated heterocycles. The van der Waals surface area contributed by atoms with Gasteiger partial charge in [0.2, 0.25) is 0 Å². The highest BCUT2D eigenvalue weighted by molar-refractivity contribution is 5.65. The van der Waals surface area contributed by atoms with E-state index in [1.54, 1.807) is 19.5 Å². The normalized spacial score (nSPS) is 14.7. The molecule has 3 aromatic heterocycles. The van der Waals surface area contributed by atoms with E-state index in [4.69, 9.17) is 4.74 Å². The van der Waals surface area contributed by atoms with Gasteiger partial charge in [-0.15, -0.1) is 0 Å². The number of pyridine rings is 1. The quantitative estimate of drug-likeness (QED) is 0.726. The van der Waals surface area contributed by atoms with Crippen molar-refractivity contribution >= 4 is 5.65 Å². The van der Waals surface area contributed by atoms with Gasteiger partial charge >= 0.3 is 0 Å². The Balaban J connectivity index is 1.97. The van der Waals surface area contributed by atoms with E-state index in [0.29, 0.717) is 5.92 Å². The molecule has 0 atom stereocenters. The van der Waals surface area contributed by atoms with Gasteiger partial charge in [0.05, 0.1) is 12.8 Å². The summed E-state index contributed by atoms with van der Waals surface area (Å²) in [5.41, 5.74) is 2.57. The number of aromatic nitrogens is 5. The van der Waals surface area contributed by atoms with Gasteiger partial charge in [0.25, 0.3) is 0 Å². The standard InChI is InChI=1S/C14H13N5O/c1-20-12-5-4-11(10-6-15-8-16-7-10)19-14(12)17-13(18-19)9-2-3-9/h4-9H,2-3H2,1H3. The Bertz CT molecular complexity index is 764. The molecule has 0 unspecified atom stereocenters. The maximum Gasteiger partial charge on any atom is 0.198 e. The minimum atomic E-state index is 0.500. The van der Waals surface area contributed by atoms with Gasteiger partial charge in [0.1, 0.15) is 6.33 Å². The number of nitrogens with zero attached hydrogens (tertiary/aromatic N) is 5. The van der Waals surface area contributed by atoms with Crippen molar-refractivity contribution in [2.75, 3.05) is 7.11 Å². The lowest BCUT2D eigenvalue weighted by atomic mass is 10.2. The Morgan fingerprint density at radius 2 is 2.00 bits per heavy atom. The van der Waals surface area contributed by atoms with Crippen molar-refractivity contribution in [3.05, 3.63) is 36.7 Å². The van der Waals surface area contributed by atoms with Crippen LogP contribution in [0.2, 0.25) is 0 Å². The molecule has 0 radical (unpaired) electrons. The van der Waals surface area contributed by atoms with Gasteiger partial charge in [-0.2, -0.15) is 5.10 Å². The SMILES string of the molecule is COc1ccc(-c2cncnc2)n2nc(C3CC3)nc12. The summed E-state index contributed by atoms with van der Waals surface area (Å²) >= 11 is 0. The number of rotatable bonds is 3. The summed E-state index contributed by atoms with van der Waals surface area (Å²) in [5.74, 6) is 2.12. The van der Waals surface area contributed by atoms with Gasteiger partial charge in [-0.1, -0.05) is 0 Å². The average Bonchev–Trinajstić information content (AvgIpc) is 3.26. The van der Waals surface area contributed by atoms with E-state index in [1.807, 2.05) is 16.6 Å². The van der Waals surface area contributed by atoms with Crippen molar-refractivity contribution in [3.63, 3.8) is 0 Å². The molecule has 6 nitrogen and oxygen atoms in total. The van der Waals surface area contributed by atoms with Gasteiger partial charge in [-0.05, 0) is 25.0 Å². The van der Waals surface area contributed by atoms with Crippen LogP contribution in [0.4, 0.5) is 0 Å². The molecular weight excluding hydrogens is 254 g/mol. The molecule has 20 heavy (non-hydrogen) atoms. The maximum absolute atomic E-state index is 5.38. The predicted octanol–water partition coefficient (Wildman–Crippen LogP) is 2.07. The van der Waals surface area contributed by atoms with Crippen LogP contribution >= 0.6 is 0 Å². The van der Waals surface area contributed by atoms with E-state index in [9.17, 15) is 0 Å². The highest BCUT2D eigenvalue weighted by Gasteiger charge is 2.29. The smallest absolute Gasteiger partial charge is 0.198 e. The summed E-state index contributed by atoms with van der Waals surface area (Å²) in [4.78, 5) is 12.7. The van der Waals surface area contributed by atoms with Gasteiger partial charge in [0.15, 0.2) is 17.2 Å². The minimum Gasteiger partial charge on any atom is -0.493 e. The van der Waals surface area contributed by atoms with Gasteiger partial charge < -0.3 is 4.74 Å². The largest absolute Gasteiger partial charge is 0.493 e. The molecule has 4 rings (SSSR count). The van der Waals surface area contributed by atoms with Crippen LogP contribution in [-0.2, 0) is 0 Å². The molecule has 0 amide bonds. The van der Waals surface area contributed by atoms with E-state index in [-0.39, 0.29) is 0 Å². The molecule has 3 heterocycles. The van der Waals surface area contributed by atoms with Crippen LogP contribution in [0, 0.1) is 0 Å². The second-order valence-electron chi connectivity index (χ2n) is 4.89. The van der Waals surface area contributed by atoms with Crippen LogP contribution in [0.1, 0.15) is 24.6 Å². The third-order valence-electron chi connectivity index (χ3n) is 3.48. The van der Waals surface area contributed by atoms with Crippen LogP contribution in [0.25, 0.3) is 16.9 Å². The molecule has 1 aliphatic carbocycles. The van der Waals surface area contributed by atoms with Gasteiger partial charge in [0, 0.05) is 23.9 Å². The van der Waals surface area contributed by atoms with Crippen LogP contribution in [0.5, 0.6) is 5.75 Å². The van der Waals surface area contributed by atoms with Crippen molar-refractivity contribution in [3.8, 4) is 17.0 Å². The van der Waals surface area contributed by atoms with Gasteiger partial charge in [-0.3, -0.25) is 0 Å². The van der Waals surface area contributed by atoms with Crippen molar-refractivity contribution in [1.29, 1.82) is 0 Å². The summed E-state index contributed by atoms with van der Waals surface area (Å²) in [6.07, 6.45) is 7.40. The number of methoxy groups -OCH3 is 1. The number of hydrogen-bond acceptors (Lipinski definition) is 5. The maximum atomic E-state index is 5.38. The summed E-state index contributed by atoms with van der Waals surface area (Å²) in [6.45, 7) is 0. The van der Waals surface area contributed by atoms with E-state index in [0.717, 1.165) is 28.5 Å². The Morgan fingerprint density at radius 1 is 1.20 bits per heavy atom. The second kappa shape index (κ2) is 4.26. The Labute approximate surface area is 115 Å².